The molecule has 0 bridgehead atoms. The Balaban J connectivity index is 1.79. The molecule has 1 aromatic heterocycles. The first kappa shape index (κ1) is 14.3. The van der Waals surface area contributed by atoms with Crippen LogP contribution in [-0.2, 0) is 0 Å². The van der Waals surface area contributed by atoms with E-state index in [1.165, 1.54) is 18.5 Å². The maximum absolute atomic E-state index is 13.2. The molecule has 0 fully saturated rings. The largest absolute Gasteiger partial charge is 0.248 e. The summed E-state index contributed by atoms with van der Waals surface area (Å²) in [6.45, 7) is 0. The number of halogens is 2. The SMILES string of the molecule is Fc1ccc(C2CC(c3cccc(Br)c3)=Nc3ncnn32)cc1. The molecule has 0 saturated carbocycles. The van der Waals surface area contributed by atoms with Gasteiger partial charge in [-0.2, -0.15) is 10.1 Å². The Morgan fingerprint density at radius 3 is 2.74 bits per heavy atom. The molecule has 0 aliphatic carbocycles. The highest BCUT2D eigenvalue weighted by Gasteiger charge is 2.26. The Morgan fingerprint density at radius 2 is 1.96 bits per heavy atom. The van der Waals surface area contributed by atoms with Crippen LogP contribution in [0.4, 0.5) is 10.3 Å². The fraction of sp³-hybridized carbons (Fsp3) is 0.118. The van der Waals surface area contributed by atoms with Crippen molar-refractivity contribution in [1.29, 1.82) is 0 Å². The standard InChI is InChI=1S/C17H12BrFN4/c18-13-3-1-2-12(8-13)15-9-16(11-4-6-14(19)7-5-11)23-17(22-15)20-10-21-23/h1-8,10,16H,9H2. The van der Waals surface area contributed by atoms with E-state index in [0.29, 0.717) is 12.4 Å². The van der Waals surface area contributed by atoms with E-state index in [1.807, 2.05) is 24.3 Å². The van der Waals surface area contributed by atoms with Crippen molar-refractivity contribution in [2.45, 2.75) is 12.5 Å². The van der Waals surface area contributed by atoms with Gasteiger partial charge in [0.25, 0.3) is 0 Å². The Bertz CT molecular complexity index is 886. The van der Waals surface area contributed by atoms with Crippen LogP contribution in [0.25, 0.3) is 0 Å². The average Bonchev–Trinajstić information content (AvgIpc) is 3.03. The van der Waals surface area contributed by atoms with Crippen molar-refractivity contribution in [2.24, 2.45) is 4.99 Å². The van der Waals surface area contributed by atoms with Crippen LogP contribution in [0, 0.1) is 5.82 Å². The van der Waals surface area contributed by atoms with Crippen LogP contribution < -0.4 is 0 Å². The van der Waals surface area contributed by atoms with E-state index in [4.69, 9.17) is 0 Å². The lowest BCUT2D eigenvalue weighted by Gasteiger charge is -2.24. The van der Waals surface area contributed by atoms with Gasteiger partial charge in [-0.25, -0.2) is 14.1 Å². The minimum Gasteiger partial charge on any atom is -0.222 e. The van der Waals surface area contributed by atoms with Crippen LogP contribution in [0.2, 0.25) is 0 Å². The van der Waals surface area contributed by atoms with Gasteiger partial charge in [0.15, 0.2) is 0 Å². The van der Waals surface area contributed by atoms with E-state index < -0.39 is 0 Å². The molecule has 1 aliphatic rings. The van der Waals surface area contributed by atoms with Gasteiger partial charge in [0.05, 0.1) is 11.8 Å². The topological polar surface area (TPSA) is 43.1 Å². The van der Waals surface area contributed by atoms with Crippen molar-refractivity contribution in [1.82, 2.24) is 14.8 Å². The summed E-state index contributed by atoms with van der Waals surface area (Å²) in [6.07, 6.45) is 2.18. The van der Waals surface area contributed by atoms with E-state index in [-0.39, 0.29) is 11.9 Å². The summed E-state index contributed by atoms with van der Waals surface area (Å²) in [4.78, 5) is 8.85. The second kappa shape index (κ2) is 5.70. The van der Waals surface area contributed by atoms with E-state index in [2.05, 4.69) is 31.0 Å². The molecule has 114 valence electrons. The van der Waals surface area contributed by atoms with Gasteiger partial charge in [0.1, 0.15) is 12.1 Å². The molecule has 1 atom stereocenters. The first-order chi connectivity index (χ1) is 11.2. The minimum absolute atomic E-state index is 0.0421. The zero-order valence-electron chi connectivity index (χ0n) is 12.0. The van der Waals surface area contributed by atoms with E-state index >= 15 is 0 Å². The van der Waals surface area contributed by atoms with Crippen molar-refractivity contribution in [2.75, 3.05) is 0 Å². The maximum Gasteiger partial charge on any atom is 0.248 e. The third-order valence-corrected chi connectivity index (χ3v) is 4.38. The summed E-state index contributed by atoms with van der Waals surface area (Å²) in [5.74, 6) is 0.324. The zero-order valence-corrected chi connectivity index (χ0v) is 13.6. The normalized spacial score (nSPS) is 16.8. The molecule has 3 aromatic rings. The third kappa shape index (κ3) is 2.70. The number of aromatic nitrogens is 3. The van der Waals surface area contributed by atoms with Crippen molar-refractivity contribution >= 4 is 27.6 Å². The van der Waals surface area contributed by atoms with E-state index in [0.717, 1.165) is 21.3 Å². The summed E-state index contributed by atoms with van der Waals surface area (Å²) in [7, 11) is 0. The number of rotatable bonds is 2. The highest BCUT2D eigenvalue weighted by Crippen LogP contribution is 2.32. The lowest BCUT2D eigenvalue weighted by Crippen LogP contribution is -2.21. The van der Waals surface area contributed by atoms with Crippen LogP contribution in [-0.4, -0.2) is 20.5 Å². The monoisotopic (exact) mass is 370 g/mol. The van der Waals surface area contributed by atoms with E-state index in [9.17, 15) is 4.39 Å². The summed E-state index contributed by atoms with van der Waals surface area (Å²) < 4.78 is 16.0. The number of benzene rings is 2. The van der Waals surface area contributed by atoms with Gasteiger partial charge >= 0.3 is 0 Å². The smallest absolute Gasteiger partial charge is 0.222 e. The molecule has 0 N–H and O–H groups in total. The summed E-state index contributed by atoms with van der Waals surface area (Å²) in [5.41, 5.74) is 2.97. The molecular weight excluding hydrogens is 359 g/mol. The molecule has 4 nitrogen and oxygen atoms in total. The summed E-state index contributed by atoms with van der Waals surface area (Å²) >= 11 is 3.49. The molecule has 23 heavy (non-hydrogen) atoms. The molecular formula is C17H12BrFN4. The third-order valence-electron chi connectivity index (χ3n) is 3.88. The van der Waals surface area contributed by atoms with Crippen molar-refractivity contribution < 1.29 is 4.39 Å². The molecule has 0 saturated heterocycles. The summed E-state index contributed by atoms with van der Waals surface area (Å²) in [5, 5.41) is 4.28. The summed E-state index contributed by atoms with van der Waals surface area (Å²) in [6, 6.07) is 14.5. The van der Waals surface area contributed by atoms with Crippen molar-refractivity contribution in [3.05, 3.63) is 76.3 Å². The van der Waals surface area contributed by atoms with Gasteiger partial charge in [-0.3, -0.25) is 0 Å². The molecule has 1 aliphatic heterocycles. The van der Waals surface area contributed by atoms with Gasteiger partial charge in [-0.1, -0.05) is 40.2 Å². The Labute approximate surface area is 140 Å². The highest BCUT2D eigenvalue weighted by atomic mass is 79.9. The molecule has 0 radical (unpaired) electrons. The Hall–Kier alpha value is -2.34. The average molecular weight is 371 g/mol. The number of nitrogens with zero attached hydrogens (tertiary/aromatic N) is 4. The molecule has 0 amide bonds. The number of fused-ring (bicyclic) bond motifs is 1. The lowest BCUT2D eigenvalue weighted by molar-refractivity contribution is 0.529. The molecule has 4 rings (SSSR count). The van der Waals surface area contributed by atoms with Gasteiger partial charge in [0.2, 0.25) is 5.95 Å². The first-order valence-corrected chi connectivity index (χ1v) is 7.98. The molecule has 0 spiro atoms. The predicted molar refractivity (Wildman–Crippen MR) is 89.5 cm³/mol. The van der Waals surface area contributed by atoms with Crippen LogP contribution in [0.1, 0.15) is 23.6 Å². The molecule has 2 heterocycles. The second-order valence-corrected chi connectivity index (χ2v) is 6.26. The number of aliphatic imine (C=N–C) groups is 1. The van der Waals surface area contributed by atoms with Gasteiger partial charge in [0, 0.05) is 10.9 Å². The Kier molecular flexibility index (Phi) is 3.53. The predicted octanol–water partition coefficient (Wildman–Crippen LogP) is 4.29. The minimum atomic E-state index is -0.246. The lowest BCUT2D eigenvalue weighted by atomic mass is 9.96. The second-order valence-electron chi connectivity index (χ2n) is 5.34. The van der Waals surface area contributed by atoms with Crippen LogP contribution in [0.15, 0.2) is 64.3 Å². The Morgan fingerprint density at radius 1 is 1.13 bits per heavy atom. The zero-order chi connectivity index (χ0) is 15.8. The van der Waals surface area contributed by atoms with Gasteiger partial charge in [-0.15, -0.1) is 0 Å². The number of hydrogen-bond donors (Lipinski definition) is 0. The molecule has 2 aromatic carbocycles. The fourth-order valence-electron chi connectivity index (χ4n) is 2.77. The fourth-order valence-corrected chi connectivity index (χ4v) is 3.17. The van der Waals surface area contributed by atoms with E-state index in [1.54, 1.807) is 16.8 Å². The van der Waals surface area contributed by atoms with Gasteiger partial charge < -0.3 is 0 Å². The van der Waals surface area contributed by atoms with Crippen molar-refractivity contribution in [3.8, 4) is 0 Å². The van der Waals surface area contributed by atoms with Crippen LogP contribution in [0.5, 0.6) is 0 Å². The molecule has 1 unspecified atom stereocenters. The first-order valence-electron chi connectivity index (χ1n) is 7.19. The number of hydrogen-bond acceptors (Lipinski definition) is 3. The quantitative estimate of drug-likeness (QED) is 0.674. The van der Waals surface area contributed by atoms with Crippen molar-refractivity contribution in [3.63, 3.8) is 0 Å². The van der Waals surface area contributed by atoms with Gasteiger partial charge in [-0.05, 0) is 35.4 Å². The highest BCUT2D eigenvalue weighted by molar-refractivity contribution is 9.10. The van der Waals surface area contributed by atoms with Crippen LogP contribution in [0.3, 0.4) is 0 Å². The van der Waals surface area contributed by atoms with Crippen LogP contribution >= 0.6 is 15.9 Å². The molecule has 6 heteroatoms. The maximum atomic E-state index is 13.2.